The smallest absolute Gasteiger partial charge is 0.265 e. The van der Waals surface area contributed by atoms with E-state index in [9.17, 15) is 9.18 Å². The number of nitrogens with zero attached hydrogens (tertiary/aromatic N) is 3. The Kier molecular flexibility index (Phi) is 4.93. The maximum atomic E-state index is 14.1. The summed E-state index contributed by atoms with van der Waals surface area (Å²) in [5.41, 5.74) is 0. The van der Waals surface area contributed by atoms with Gasteiger partial charge < -0.3 is 9.64 Å². The van der Waals surface area contributed by atoms with Gasteiger partial charge in [0.15, 0.2) is 0 Å². The third kappa shape index (κ3) is 3.34. The predicted molar refractivity (Wildman–Crippen MR) is 99.3 cm³/mol. The van der Waals surface area contributed by atoms with Crippen LogP contribution < -0.4 is 0 Å². The van der Waals surface area contributed by atoms with Gasteiger partial charge in [-0.2, -0.15) is 5.10 Å². The normalized spacial score (nSPS) is 18.2. The number of hydrogen-bond donors (Lipinski definition) is 0. The van der Waals surface area contributed by atoms with Gasteiger partial charge in [-0.25, -0.2) is 4.39 Å². The molecule has 26 heavy (non-hydrogen) atoms. The van der Waals surface area contributed by atoms with Crippen molar-refractivity contribution in [3.05, 3.63) is 52.4 Å². The van der Waals surface area contributed by atoms with Gasteiger partial charge in [0.2, 0.25) is 0 Å². The number of carbonyl (C=O) groups is 1. The van der Waals surface area contributed by atoms with Crippen LogP contribution in [0, 0.1) is 5.82 Å². The molecule has 1 aliphatic heterocycles. The number of ether oxygens (including phenoxy) is 1. The Labute approximate surface area is 158 Å². The molecular formula is C18H17ClFN3O2S. The van der Waals surface area contributed by atoms with E-state index in [2.05, 4.69) is 5.10 Å². The van der Waals surface area contributed by atoms with E-state index in [4.69, 9.17) is 16.3 Å². The second-order valence-electron chi connectivity index (χ2n) is 6.18. The number of rotatable bonds is 3. The largest absolute Gasteiger partial charge is 0.374 e. The topological polar surface area (TPSA) is 47.4 Å². The average Bonchev–Trinajstić information content (AvgIpc) is 3.18. The van der Waals surface area contributed by atoms with Gasteiger partial charge in [0.05, 0.1) is 17.7 Å². The number of amides is 1. The molecule has 0 unspecified atom stereocenters. The predicted octanol–water partition coefficient (Wildman–Crippen LogP) is 3.82. The standard InChI is InChI=1S/C18H17ClFN3O2S/c19-16-15-13(20)4-1-5-14(15)26-17(16)18(24)22-7-3-9-25-12(10-22)11-23-8-2-6-21-23/h1-2,4-6,8,12H,3,7,9-11H2/t12-/m0/s1. The molecule has 0 saturated carbocycles. The Morgan fingerprint density at radius 2 is 2.31 bits per heavy atom. The highest BCUT2D eigenvalue weighted by atomic mass is 35.5. The van der Waals surface area contributed by atoms with Gasteiger partial charge in [-0.1, -0.05) is 17.7 Å². The van der Waals surface area contributed by atoms with E-state index in [0.29, 0.717) is 41.2 Å². The van der Waals surface area contributed by atoms with Crippen LogP contribution in [0.5, 0.6) is 0 Å². The molecule has 1 aliphatic rings. The Morgan fingerprint density at radius 1 is 1.42 bits per heavy atom. The van der Waals surface area contributed by atoms with E-state index < -0.39 is 5.82 Å². The van der Waals surface area contributed by atoms with E-state index in [1.807, 2.05) is 12.3 Å². The first-order valence-electron chi connectivity index (χ1n) is 8.38. The number of carbonyl (C=O) groups excluding carboxylic acids is 1. The second kappa shape index (κ2) is 7.34. The fraction of sp³-hybridized carbons (Fsp3) is 0.333. The molecule has 1 fully saturated rings. The maximum absolute atomic E-state index is 14.1. The summed E-state index contributed by atoms with van der Waals surface area (Å²) in [5.74, 6) is -0.579. The molecule has 1 amide bonds. The van der Waals surface area contributed by atoms with Crippen LogP contribution in [0.3, 0.4) is 0 Å². The highest BCUT2D eigenvalue weighted by Gasteiger charge is 2.28. The Balaban J connectivity index is 1.58. The number of thiophene rings is 1. The summed E-state index contributed by atoms with van der Waals surface area (Å²) in [7, 11) is 0. The van der Waals surface area contributed by atoms with E-state index in [-0.39, 0.29) is 17.0 Å². The zero-order valence-corrected chi connectivity index (χ0v) is 15.5. The van der Waals surface area contributed by atoms with Gasteiger partial charge in [0.1, 0.15) is 10.7 Å². The van der Waals surface area contributed by atoms with Crippen molar-refractivity contribution in [1.29, 1.82) is 0 Å². The quantitative estimate of drug-likeness (QED) is 0.679. The molecule has 5 nitrogen and oxygen atoms in total. The minimum absolute atomic E-state index is 0.147. The van der Waals surface area contributed by atoms with Crippen molar-refractivity contribution in [2.45, 2.75) is 19.1 Å². The number of hydrogen-bond acceptors (Lipinski definition) is 4. The van der Waals surface area contributed by atoms with Crippen molar-refractivity contribution in [2.75, 3.05) is 19.7 Å². The first-order valence-corrected chi connectivity index (χ1v) is 9.58. The summed E-state index contributed by atoms with van der Waals surface area (Å²) >= 11 is 7.58. The molecule has 3 heterocycles. The van der Waals surface area contributed by atoms with Crippen LogP contribution >= 0.6 is 22.9 Å². The fourth-order valence-corrected chi connectivity index (χ4v) is 4.68. The lowest BCUT2D eigenvalue weighted by Gasteiger charge is -2.23. The summed E-state index contributed by atoms with van der Waals surface area (Å²) in [6.07, 6.45) is 4.18. The lowest BCUT2D eigenvalue weighted by Crippen LogP contribution is -2.38. The highest BCUT2D eigenvalue weighted by Crippen LogP contribution is 2.37. The zero-order valence-electron chi connectivity index (χ0n) is 13.9. The summed E-state index contributed by atoms with van der Waals surface area (Å²) in [5, 5.41) is 4.71. The number of aromatic nitrogens is 2. The number of benzene rings is 1. The monoisotopic (exact) mass is 393 g/mol. The molecule has 0 aliphatic carbocycles. The van der Waals surface area contributed by atoms with E-state index in [1.165, 1.54) is 17.4 Å². The molecule has 8 heteroatoms. The molecule has 3 aromatic rings. The van der Waals surface area contributed by atoms with Crippen molar-refractivity contribution in [3.8, 4) is 0 Å². The first kappa shape index (κ1) is 17.5. The van der Waals surface area contributed by atoms with Crippen LogP contribution in [0.4, 0.5) is 4.39 Å². The molecule has 136 valence electrons. The van der Waals surface area contributed by atoms with Gasteiger partial charge in [0, 0.05) is 42.2 Å². The number of halogens is 2. The lowest BCUT2D eigenvalue weighted by atomic mass is 10.2. The van der Waals surface area contributed by atoms with Crippen LogP contribution in [0.2, 0.25) is 5.02 Å². The van der Waals surface area contributed by atoms with E-state index >= 15 is 0 Å². The van der Waals surface area contributed by atoms with E-state index in [1.54, 1.807) is 27.9 Å². The van der Waals surface area contributed by atoms with Crippen LogP contribution in [0.1, 0.15) is 16.1 Å². The van der Waals surface area contributed by atoms with Crippen LogP contribution in [0.25, 0.3) is 10.1 Å². The van der Waals surface area contributed by atoms with Crippen LogP contribution in [-0.4, -0.2) is 46.4 Å². The molecule has 4 rings (SSSR count). The van der Waals surface area contributed by atoms with E-state index in [0.717, 1.165) is 6.42 Å². The first-order chi connectivity index (χ1) is 12.6. The van der Waals surface area contributed by atoms with Gasteiger partial charge >= 0.3 is 0 Å². The molecule has 1 atom stereocenters. The molecular weight excluding hydrogens is 377 g/mol. The lowest BCUT2D eigenvalue weighted by molar-refractivity contribution is 0.0369. The van der Waals surface area contributed by atoms with Crippen molar-refractivity contribution in [1.82, 2.24) is 14.7 Å². The highest BCUT2D eigenvalue weighted by molar-refractivity contribution is 7.21. The zero-order chi connectivity index (χ0) is 18.1. The molecule has 2 aromatic heterocycles. The van der Waals surface area contributed by atoms with Gasteiger partial charge in [-0.15, -0.1) is 11.3 Å². The minimum atomic E-state index is -0.404. The third-order valence-electron chi connectivity index (χ3n) is 4.39. The molecule has 0 radical (unpaired) electrons. The van der Waals surface area contributed by atoms with Crippen LogP contribution in [-0.2, 0) is 11.3 Å². The molecule has 1 saturated heterocycles. The Morgan fingerprint density at radius 3 is 3.08 bits per heavy atom. The fourth-order valence-electron chi connectivity index (χ4n) is 3.16. The van der Waals surface area contributed by atoms with Crippen LogP contribution in [0.15, 0.2) is 36.7 Å². The molecule has 0 spiro atoms. The SMILES string of the molecule is O=C(c1sc2cccc(F)c2c1Cl)N1CCCO[C@H](Cn2cccn2)C1. The van der Waals surface area contributed by atoms with Gasteiger partial charge in [-0.3, -0.25) is 9.48 Å². The van der Waals surface area contributed by atoms with Gasteiger partial charge in [-0.05, 0) is 24.6 Å². The molecule has 1 aromatic carbocycles. The van der Waals surface area contributed by atoms with Crippen molar-refractivity contribution in [2.24, 2.45) is 0 Å². The second-order valence-corrected chi connectivity index (χ2v) is 7.61. The van der Waals surface area contributed by atoms with Gasteiger partial charge in [0.25, 0.3) is 5.91 Å². The average molecular weight is 394 g/mol. The summed E-state index contributed by atoms with van der Waals surface area (Å²) in [6.45, 7) is 2.20. The molecule has 0 N–H and O–H groups in total. The minimum Gasteiger partial charge on any atom is -0.374 e. The summed E-state index contributed by atoms with van der Waals surface area (Å²) in [4.78, 5) is 15.2. The number of fused-ring (bicyclic) bond motifs is 1. The van der Waals surface area contributed by atoms with Crippen molar-refractivity contribution in [3.63, 3.8) is 0 Å². The summed E-state index contributed by atoms with van der Waals surface area (Å²) in [6, 6.07) is 6.61. The maximum Gasteiger partial charge on any atom is 0.265 e. The van der Waals surface area contributed by atoms with Crippen molar-refractivity contribution < 1.29 is 13.9 Å². The van der Waals surface area contributed by atoms with Crippen molar-refractivity contribution >= 4 is 38.9 Å². The Bertz CT molecular complexity index is 928. The summed E-state index contributed by atoms with van der Waals surface area (Å²) < 4.78 is 22.4. The molecule has 0 bridgehead atoms. The third-order valence-corrected chi connectivity index (χ3v) is 6.02. The Hall–Kier alpha value is -1.96.